The summed E-state index contributed by atoms with van der Waals surface area (Å²) in [4.78, 5) is 22.4. The lowest BCUT2D eigenvalue weighted by Crippen LogP contribution is -2.34. The third kappa shape index (κ3) is 2.74. The lowest BCUT2D eigenvalue weighted by molar-refractivity contribution is 0.205. The molecule has 1 saturated heterocycles. The molecule has 2 amide bonds. The summed E-state index contributed by atoms with van der Waals surface area (Å²) in [6.45, 7) is 2.49. The Kier molecular flexibility index (Phi) is 3.70. The number of hydrogen-bond acceptors (Lipinski definition) is 5. The Morgan fingerprint density at radius 1 is 1.55 bits per heavy atom. The number of H-pyrrole nitrogens is 1. The van der Waals surface area contributed by atoms with Gasteiger partial charge in [0.2, 0.25) is 0 Å². The molecule has 2 aromatic rings. The van der Waals surface area contributed by atoms with Gasteiger partial charge in [0.05, 0.1) is 17.9 Å². The number of rotatable bonds is 2. The number of anilines is 1. The first kappa shape index (κ1) is 14.0. The largest absolute Gasteiger partial charge is 0.322 e. The number of carbonyl (C=O) groups excluding carboxylic acids is 1. The van der Waals surface area contributed by atoms with Crippen LogP contribution < -0.4 is 5.32 Å². The number of urea groups is 1. The Morgan fingerprint density at radius 3 is 3.05 bits per heavy atom. The fraction of sp³-hybridized carbons (Fsp3) is 0.357. The van der Waals surface area contributed by atoms with Crippen LogP contribution in [0.1, 0.15) is 36.2 Å². The van der Waals surface area contributed by atoms with Gasteiger partial charge in [0, 0.05) is 6.54 Å². The zero-order valence-electron chi connectivity index (χ0n) is 12.1. The summed E-state index contributed by atoms with van der Waals surface area (Å²) >= 11 is 0. The van der Waals surface area contributed by atoms with E-state index in [4.69, 9.17) is 5.26 Å². The van der Waals surface area contributed by atoms with Crippen LogP contribution in [0.15, 0.2) is 18.3 Å². The Balaban J connectivity index is 1.72. The summed E-state index contributed by atoms with van der Waals surface area (Å²) in [6.07, 6.45) is 3.23. The van der Waals surface area contributed by atoms with Crippen LogP contribution in [-0.2, 0) is 0 Å². The molecule has 112 valence electrons. The standard InChI is InChI=1S/C14H15N7O/c1-9-17-13(20-19-9)12-3-2-6-21(12)14(22)18-11-5-4-10(7-15)16-8-11/h4-5,8,12H,2-3,6H2,1H3,(H,18,22)(H,17,19,20). The fourth-order valence-electron chi connectivity index (χ4n) is 2.52. The van der Waals surface area contributed by atoms with E-state index < -0.39 is 0 Å². The molecule has 1 atom stereocenters. The van der Waals surface area contributed by atoms with Gasteiger partial charge in [-0.1, -0.05) is 0 Å². The summed E-state index contributed by atoms with van der Waals surface area (Å²) in [5.74, 6) is 1.38. The number of aromatic amines is 1. The molecule has 0 spiro atoms. The fourth-order valence-corrected chi connectivity index (χ4v) is 2.52. The lowest BCUT2D eigenvalue weighted by atomic mass is 10.2. The van der Waals surface area contributed by atoms with Gasteiger partial charge in [-0.25, -0.2) is 14.8 Å². The highest BCUT2D eigenvalue weighted by Crippen LogP contribution is 2.30. The predicted octanol–water partition coefficient (Wildman–Crippen LogP) is 1.75. The van der Waals surface area contributed by atoms with Crippen LogP contribution in [0.5, 0.6) is 0 Å². The first-order valence-corrected chi connectivity index (χ1v) is 7.00. The predicted molar refractivity (Wildman–Crippen MR) is 77.8 cm³/mol. The molecular weight excluding hydrogens is 282 g/mol. The highest BCUT2D eigenvalue weighted by Gasteiger charge is 2.32. The molecule has 1 unspecified atom stereocenters. The Hall–Kier alpha value is -2.95. The van der Waals surface area contributed by atoms with E-state index in [1.807, 2.05) is 13.0 Å². The van der Waals surface area contributed by atoms with Gasteiger partial charge in [-0.05, 0) is 31.9 Å². The normalized spacial score (nSPS) is 17.3. The number of aromatic nitrogens is 4. The minimum absolute atomic E-state index is 0.115. The van der Waals surface area contributed by atoms with Gasteiger partial charge >= 0.3 is 6.03 Å². The van der Waals surface area contributed by atoms with E-state index in [0.717, 1.165) is 18.7 Å². The van der Waals surface area contributed by atoms with Crippen LogP contribution in [0.3, 0.4) is 0 Å². The number of likely N-dealkylation sites (tertiary alicyclic amines) is 1. The van der Waals surface area contributed by atoms with Crippen LogP contribution in [0.2, 0.25) is 0 Å². The number of aryl methyl sites for hydroxylation is 1. The monoisotopic (exact) mass is 297 g/mol. The molecule has 8 heteroatoms. The highest BCUT2D eigenvalue weighted by molar-refractivity contribution is 5.89. The van der Waals surface area contributed by atoms with Crippen LogP contribution in [0, 0.1) is 18.3 Å². The second-order valence-electron chi connectivity index (χ2n) is 5.10. The molecule has 3 heterocycles. The summed E-state index contributed by atoms with van der Waals surface area (Å²) in [6, 6.07) is 4.84. The highest BCUT2D eigenvalue weighted by atomic mass is 16.2. The van der Waals surface area contributed by atoms with Gasteiger partial charge in [-0.3, -0.25) is 5.10 Å². The van der Waals surface area contributed by atoms with Gasteiger partial charge in [0.15, 0.2) is 5.82 Å². The molecule has 22 heavy (non-hydrogen) atoms. The second-order valence-corrected chi connectivity index (χ2v) is 5.10. The van der Waals surface area contributed by atoms with Crippen molar-refractivity contribution < 1.29 is 4.79 Å². The Bertz CT molecular complexity index is 716. The number of amides is 2. The molecule has 2 N–H and O–H groups in total. The van der Waals surface area contributed by atoms with Crippen molar-refractivity contribution >= 4 is 11.7 Å². The average Bonchev–Trinajstić information content (AvgIpc) is 3.16. The van der Waals surface area contributed by atoms with Crippen LogP contribution >= 0.6 is 0 Å². The maximum Gasteiger partial charge on any atom is 0.322 e. The van der Waals surface area contributed by atoms with Crippen molar-refractivity contribution in [3.63, 3.8) is 0 Å². The number of carbonyl (C=O) groups is 1. The van der Waals surface area contributed by atoms with E-state index in [1.165, 1.54) is 6.20 Å². The molecule has 1 fully saturated rings. The van der Waals surface area contributed by atoms with Crippen molar-refractivity contribution in [2.24, 2.45) is 0 Å². The molecule has 2 aromatic heterocycles. The molecule has 0 saturated carbocycles. The van der Waals surface area contributed by atoms with E-state index in [2.05, 4.69) is 25.5 Å². The average molecular weight is 297 g/mol. The maximum atomic E-state index is 12.4. The third-order valence-corrected chi connectivity index (χ3v) is 3.56. The van der Waals surface area contributed by atoms with Crippen molar-refractivity contribution in [3.05, 3.63) is 35.7 Å². The molecule has 1 aliphatic heterocycles. The smallest absolute Gasteiger partial charge is 0.314 e. The molecule has 8 nitrogen and oxygen atoms in total. The zero-order valence-corrected chi connectivity index (χ0v) is 12.1. The van der Waals surface area contributed by atoms with Crippen molar-refractivity contribution in [3.8, 4) is 6.07 Å². The second kappa shape index (κ2) is 5.81. The SMILES string of the molecule is Cc1nc(C2CCCN2C(=O)Nc2ccc(C#N)nc2)n[nH]1. The molecule has 0 radical (unpaired) electrons. The van der Waals surface area contributed by atoms with Gasteiger partial charge < -0.3 is 10.2 Å². The molecule has 0 aliphatic carbocycles. The van der Waals surface area contributed by atoms with E-state index in [0.29, 0.717) is 23.8 Å². The quantitative estimate of drug-likeness (QED) is 0.877. The van der Waals surface area contributed by atoms with Gasteiger partial charge in [-0.15, -0.1) is 0 Å². The van der Waals surface area contributed by atoms with Crippen molar-refractivity contribution in [2.75, 3.05) is 11.9 Å². The van der Waals surface area contributed by atoms with E-state index in [-0.39, 0.29) is 12.1 Å². The number of nitriles is 1. The third-order valence-electron chi connectivity index (χ3n) is 3.56. The minimum atomic E-state index is -0.212. The van der Waals surface area contributed by atoms with E-state index in [9.17, 15) is 4.79 Å². The maximum absolute atomic E-state index is 12.4. The molecule has 0 aromatic carbocycles. The first-order chi connectivity index (χ1) is 10.7. The van der Waals surface area contributed by atoms with E-state index in [1.54, 1.807) is 17.0 Å². The van der Waals surface area contributed by atoms with Crippen LogP contribution in [-0.4, -0.2) is 37.6 Å². The zero-order chi connectivity index (χ0) is 15.5. The number of nitrogens with one attached hydrogen (secondary N) is 2. The van der Waals surface area contributed by atoms with Crippen molar-refractivity contribution in [1.82, 2.24) is 25.1 Å². The minimum Gasteiger partial charge on any atom is -0.314 e. The molecular formula is C14H15N7O. The number of hydrogen-bond donors (Lipinski definition) is 2. The molecule has 3 rings (SSSR count). The van der Waals surface area contributed by atoms with Crippen molar-refractivity contribution in [2.45, 2.75) is 25.8 Å². The van der Waals surface area contributed by atoms with Gasteiger partial charge in [0.25, 0.3) is 0 Å². The lowest BCUT2D eigenvalue weighted by Gasteiger charge is -2.22. The van der Waals surface area contributed by atoms with Gasteiger partial charge in [0.1, 0.15) is 17.6 Å². The summed E-state index contributed by atoms with van der Waals surface area (Å²) < 4.78 is 0. The van der Waals surface area contributed by atoms with Gasteiger partial charge in [-0.2, -0.15) is 10.4 Å². The number of pyridine rings is 1. The first-order valence-electron chi connectivity index (χ1n) is 7.00. The van der Waals surface area contributed by atoms with Crippen molar-refractivity contribution in [1.29, 1.82) is 5.26 Å². The summed E-state index contributed by atoms with van der Waals surface area (Å²) in [5.41, 5.74) is 0.870. The molecule has 0 bridgehead atoms. The summed E-state index contributed by atoms with van der Waals surface area (Å²) in [7, 11) is 0. The Labute approximate surface area is 127 Å². The van der Waals surface area contributed by atoms with Crippen LogP contribution in [0.4, 0.5) is 10.5 Å². The topological polar surface area (TPSA) is 111 Å². The molecule has 1 aliphatic rings. The number of nitrogens with zero attached hydrogens (tertiary/aromatic N) is 5. The summed E-state index contributed by atoms with van der Waals surface area (Å²) in [5, 5.41) is 18.5. The van der Waals surface area contributed by atoms with E-state index >= 15 is 0 Å². The van der Waals surface area contributed by atoms with Crippen LogP contribution in [0.25, 0.3) is 0 Å². The Morgan fingerprint density at radius 2 is 2.41 bits per heavy atom.